The monoisotopic (exact) mass is 584 g/mol. The highest BCUT2D eigenvalue weighted by Crippen LogP contribution is 2.32. The number of ketones is 1. The molecule has 2 aromatic heterocycles. The molecule has 1 unspecified atom stereocenters. The molecule has 0 fully saturated rings. The van der Waals surface area contributed by atoms with Gasteiger partial charge in [-0.1, -0.05) is 24.3 Å². The molecule has 1 N–H and O–H groups in total. The lowest BCUT2D eigenvalue weighted by Gasteiger charge is -2.20. The van der Waals surface area contributed by atoms with Gasteiger partial charge in [0, 0.05) is 36.3 Å². The lowest BCUT2D eigenvalue weighted by atomic mass is 10.0. The third-order valence-corrected chi connectivity index (χ3v) is 7.13. The molecule has 2 heterocycles. The van der Waals surface area contributed by atoms with Gasteiger partial charge in [0.05, 0.1) is 31.0 Å². The fraction of sp³-hybridized carbons (Fsp3) is 0.242. The zero-order chi connectivity index (χ0) is 30.7. The van der Waals surface area contributed by atoms with Crippen LogP contribution in [0.4, 0.5) is 4.39 Å². The molecule has 9 nitrogen and oxygen atoms in total. The van der Waals surface area contributed by atoms with Crippen molar-refractivity contribution in [3.63, 3.8) is 0 Å². The number of aromatic nitrogens is 3. The Morgan fingerprint density at radius 1 is 1.05 bits per heavy atom. The van der Waals surface area contributed by atoms with Crippen LogP contribution in [0.5, 0.6) is 17.2 Å². The van der Waals surface area contributed by atoms with Crippen LogP contribution >= 0.6 is 0 Å². The Labute approximate surface area is 248 Å². The molecule has 222 valence electrons. The second-order valence-electron chi connectivity index (χ2n) is 10.6. The number of fused-ring (bicyclic) bond motifs is 1. The minimum atomic E-state index is -0.778. The maximum atomic E-state index is 15.2. The number of rotatable bonds is 11. The Morgan fingerprint density at radius 2 is 1.81 bits per heavy atom. The van der Waals surface area contributed by atoms with E-state index in [2.05, 4.69) is 4.98 Å². The number of methoxy groups -OCH3 is 1. The second kappa shape index (κ2) is 12.6. The fourth-order valence-electron chi connectivity index (χ4n) is 5.14. The highest BCUT2D eigenvalue weighted by atomic mass is 19.1. The van der Waals surface area contributed by atoms with Crippen LogP contribution in [0.3, 0.4) is 0 Å². The smallest absolute Gasteiger partial charge is 0.282 e. The number of para-hydroxylation sites is 1. The molecule has 10 heteroatoms. The van der Waals surface area contributed by atoms with Crippen LogP contribution in [0, 0.1) is 12.7 Å². The standard InChI is InChI=1S/C33H33FN4O5/c1-21-32(33(41)38(23-8-6-5-7-9-23)37(21)20-24(39)19-36(2)3)29(40)17-22-10-13-31(27(34)16-22)43-30-14-15-35-28-18-25(42-4)11-12-26(28)30/h5-16,18,24,39H,17,19-20H2,1-4H3. The number of hydrogen-bond donors (Lipinski definition) is 1. The molecule has 0 amide bonds. The van der Waals surface area contributed by atoms with Crippen molar-refractivity contribution in [1.82, 2.24) is 19.2 Å². The average molecular weight is 585 g/mol. The third kappa shape index (κ3) is 6.35. The number of halogens is 1. The van der Waals surface area contributed by atoms with Crippen molar-refractivity contribution in [2.45, 2.75) is 26.0 Å². The van der Waals surface area contributed by atoms with E-state index in [0.29, 0.717) is 45.9 Å². The van der Waals surface area contributed by atoms with Crippen LogP contribution < -0.4 is 15.0 Å². The average Bonchev–Trinajstić information content (AvgIpc) is 3.22. The van der Waals surface area contributed by atoms with Gasteiger partial charge in [-0.15, -0.1) is 0 Å². The largest absolute Gasteiger partial charge is 0.497 e. The van der Waals surface area contributed by atoms with E-state index in [1.54, 1.807) is 79.5 Å². The molecule has 1 atom stereocenters. The van der Waals surface area contributed by atoms with Crippen molar-refractivity contribution in [2.24, 2.45) is 0 Å². The highest BCUT2D eigenvalue weighted by molar-refractivity contribution is 5.98. The Hall–Kier alpha value is -4.80. The van der Waals surface area contributed by atoms with E-state index in [-0.39, 0.29) is 24.3 Å². The van der Waals surface area contributed by atoms with E-state index in [0.717, 1.165) is 0 Å². The van der Waals surface area contributed by atoms with Crippen LogP contribution in [-0.4, -0.2) is 64.0 Å². The molecule has 0 saturated heterocycles. The first-order valence-corrected chi connectivity index (χ1v) is 13.8. The van der Waals surface area contributed by atoms with Gasteiger partial charge < -0.3 is 19.5 Å². The summed E-state index contributed by atoms with van der Waals surface area (Å²) in [5, 5.41) is 11.3. The number of carbonyl (C=O) groups is 1. The van der Waals surface area contributed by atoms with Crippen molar-refractivity contribution in [2.75, 3.05) is 27.7 Å². The van der Waals surface area contributed by atoms with Crippen LogP contribution in [0.15, 0.2) is 83.8 Å². The predicted octanol–water partition coefficient (Wildman–Crippen LogP) is 4.78. The summed E-state index contributed by atoms with van der Waals surface area (Å²) < 4.78 is 29.4. The summed E-state index contributed by atoms with van der Waals surface area (Å²) in [5.74, 6) is -0.0432. The first kappa shape index (κ1) is 29.7. The molecule has 0 aliphatic carbocycles. The van der Waals surface area contributed by atoms with Gasteiger partial charge in [-0.3, -0.25) is 19.3 Å². The van der Waals surface area contributed by atoms with Crippen molar-refractivity contribution in [1.29, 1.82) is 0 Å². The number of carbonyl (C=O) groups excluding carboxylic acids is 1. The molecule has 0 spiro atoms. The van der Waals surface area contributed by atoms with Gasteiger partial charge in [0.15, 0.2) is 17.3 Å². The van der Waals surface area contributed by atoms with Crippen LogP contribution in [0.1, 0.15) is 21.6 Å². The molecule has 0 aliphatic rings. The van der Waals surface area contributed by atoms with E-state index in [4.69, 9.17) is 9.47 Å². The predicted molar refractivity (Wildman–Crippen MR) is 162 cm³/mol. The van der Waals surface area contributed by atoms with Gasteiger partial charge in [0.25, 0.3) is 5.56 Å². The van der Waals surface area contributed by atoms with Gasteiger partial charge >= 0.3 is 0 Å². The summed E-state index contributed by atoms with van der Waals surface area (Å²) in [5.41, 5.74) is 1.54. The molecular formula is C33H33FN4O5. The van der Waals surface area contributed by atoms with Gasteiger partial charge in [0.1, 0.15) is 17.1 Å². The summed E-state index contributed by atoms with van der Waals surface area (Å²) in [6.45, 7) is 2.17. The maximum absolute atomic E-state index is 15.2. The normalized spacial score (nSPS) is 12.1. The van der Waals surface area contributed by atoms with E-state index < -0.39 is 23.3 Å². The van der Waals surface area contributed by atoms with Crippen molar-refractivity contribution in [3.8, 4) is 22.9 Å². The molecule has 5 aromatic rings. The number of hydrogen-bond acceptors (Lipinski definition) is 7. The van der Waals surface area contributed by atoms with Gasteiger partial charge in [-0.2, -0.15) is 0 Å². The lowest BCUT2D eigenvalue weighted by Crippen LogP contribution is -2.33. The number of aliphatic hydroxyl groups is 1. The van der Waals surface area contributed by atoms with Crippen molar-refractivity contribution >= 4 is 16.7 Å². The second-order valence-corrected chi connectivity index (χ2v) is 10.6. The summed E-state index contributed by atoms with van der Waals surface area (Å²) in [6, 6.07) is 20.2. The zero-order valence-corrected chi connectivity index (χ0v) is 24.5. The maximum Gasteiger partial charge on any atom is 0.282 e. The van der Waals surface area contributed by atoms with E-state index in [9.17, 15) is 14.7 Å². The summed E-state index contributed by atoms with van der Waals surface area (Å²) in [6.07, 6.45) is 0.599. The number of Topliss-reactive ketones (excluding diaryl/α,β-unsaturated/α-hetero) is 1. The number of pyridine rings is 1. The first-order valence-electron chi connectivity index (χ1n) is 13.8. The van der Waals surface area contributed by atoms with Crippen LogP contribution in [0.25, 0.3) is 16.6 Å². The fourth-order valence-corrected chi connectivity index (χ4v) is 5.14. The Bertz CT molecular complexity index is 1830. The molecule has 0 bridgehead atoms. The quantitative estimate of drug-likeness (QED) is 0.223. The number of ether oxygens (including phenoxy) is 2. The summed E-state index contributed by atoms with van der Waals surface area (Å²) >= 11 is 0. The van der Waals surface area contributed by atoms with Gasteiger partial charge in [-0.25, -0.2) is 9.07 Å². The molecule has 0 radical (unpaired) electrons. The van der Waals surface area contributed by atoms with Crippen LogP contribution in [0.2, 0.25) is 0 Å². The molecule has 3 aromatic carbocycles. The van der Waals surface area contributed by atoms with E-state index in [1.807, 2.05) is 25.1 Å². The number of aliphatic hydroxyl groups excluding tert-OH is 1. The Morgan fingerprint density at radius 3 is 2.51 bits per heavy atom. The van der Waals surface area contributed by atoms with Crippen LogP contribution in [-0.2, 0) is 13.0 Å². The molecule has 0 aliphatic heterocycles. The minimum Gasteiger partial charge on any atom is -0.497 e. The first-order chi connectivity index (χ1) is 20.7. The summed E-state index contributed by atoms with van der Waals surface area (Å²) in [4.78, 5) is 33.3. The van der Waals surface area contributed by atoms with Crippen molar-refractivity contribution in [3.05, 3.63) is 112 Å². The third-order valence-electron chi connectivity index (χ3n) is 7.13. The summed E-state index contributed by atoms with van der Waals surface area (Å²) in [7, 11) is 5.25. The van der Waals surface area contributed by atoms with Gasteiger partial charge in [0.2, 0.25) is 0 Å². The van der Waals surface area contributed by atoms with E-state index >= 15 is 4.39 Å². The van der Waals surface area contributed by atoms with Crippen molar-refractivity contribution < 1.29 is 23.8 Å². The number of likely N-dealkylation sites (N-methyl/N-ethyl adjacent to an activating group) is 1. The molecular weight excluding hydrogens is 551 g/mol. The molecule has 5 rings (SSSR count). The lowest BCUT2D eigenvalue weighted by molar-refractivity contribution is 0.0989. The highest BCUT2D eigenvalue weighted by Gasteiger charge is 2.25. The number of nitrogens with zero attached hydrogens (tertiary/aromatic N) is 4. The minimum absolute atomic E-state index is 0.000300. The number of benzene rings is 3. The SMILES string of the molecule is COc1ccc2c(Oc3ccc(CC(=O)c4c(C)n(CC(O)CN(C)C)n(-c5ccccc5)c4=O)cc3F)ccnc2c1. The van der Waals surface area contributed by atoms with E-state index in [1.165, 1.54) is 16.8 Å². The Kier molecular flexibility index (Phi) is 8.70. The molecule has 43 heavy (non-hydrogen) atoms. The zero-order valence-electron chi connectivity index (χ0n) is 24.5. The topological polar surface area (TPSA) is 98.8 Å². The molecule has 0 saturated carbocycles. The van der Waals surface area contributed by atoms with Gasteiger partial charge in [-0.05, 0) is 69.0 Å². The Balaban J connectivity index is 1.42.